The summed E-state index contributed by atoms with van der Waals surface area (Å²) in [5.74, 6) is -0.544. The van der Waals surface area contributed by atoms with Crippen LogP contribution in [0.15, 0.2) is 30.3 Å². The lowest BCUT2D eigenvalue weighted by molar-refractivity contribution is -0.163. The molecule has 24 heavy (non-hydrogen) atoms. The summed E-state index contributed by atoms with van der Waals surface area (Å²) < 4.78 is 10.9. The van der Waals surface area contributed by atoms with Crippen molar-refractivity contribution in [3.05, 3.63) is 35.9 Å². The number of likely N-dealkylation sites (tertiary alicyclic amines) is 1. The smallest absolute Gasteiger partial charge is 0.410 e. The second-order valence-corrected chi connectivity index (χ2v) is 7.26. The summed E-state index contributed by atoms with van der Waals surface area (Å²) in [7, 11) is 0. The zero-order chi connectivity index (χ0) is 17.7. The Morgan fingerprint density at radius 3 is 2.50 bits per heavy atom. The fourth-order valence-corrected chi connectivity index (χ4v) is 2.90. The number of rotatable bonds is 3. The molecule has 1 aromatic carbocycles. The number of hydrogen-bond donors (Lipinski definition) is 0. The first-order valence-electron chi connectivity index (χ1n) is 8.48. The van der Waals surface area contributed by atoms with Gasteiger partial charge in [0.1, 0.15) is 12.2 Å². The number of ether oxygens (including phenoxy) is 2. The average molecular weight is 333 g/mol. The van der Waals surface area contributed by atoms with Gasteiger partial charge in [-0.1, -0.05) is 30.3 Å². The maximum absolute atomic E-state index is 12.4. The zero-order valence-corrected chi connectivity index (χ0v) is 15.0. The van der Waals surface area contributed by atoms with Gasteiger partial charge < -0.3 is 14.4 Å². The maximum atomic E-state index is 12.4. The Kier molecular flexibility index (Phi) is 5.86. The van der Waals surface area contributed by atoms with Crippen molar-refractivity contribution < 1.29 is 19.1 Å². The third-order valence-corrected chi connectivity index (χ3v) is 4.14. The molecular formula is C19H27NO4. The lowest BCUT2D eigenvalue weighted by atomic mass is 9.90. The number of hydrogen-bond acceptors (Lipinski definition) is 4. The van der Waals surface area contributed by atoms with Crippen LogP contribution in [-0.4, -0.2) is 35.2 Å². The number of nitrogens with zero attached hydrogens (tertiary/aromatic N) is 1. The number of amides is 1. The van der Waals surface area contributed by atoms with Gasteiger partial charge >= 0.3 is 12.1 Å². The third kappa shape index (κ3) is 4.98. The van der Waals surface area contributed by atoms with Crippen LogP contribution in [-0.2, 0) is 20.9 Å². The molecule has 0 bridgehead atoms. The van der Waals surface area contributed by atoms with E-state index in [1.807, 2.05) is 58.0 Å². The normalized spacial score (nSPS) is 21.2. The minimum absolute atomic E-state index is 0.225. The van der Waals surface area contributed by atoms with Crippen LogP contribution in [0.5, 0.6) is 0 Å². The Balaban J connectivity index is 1.94. The molecule has 5 nitrogen and oxygen atoms in total. The molecule has 0 unspecified atom stereocenters. The molecule has 0 aliphatic carbocycles. The molecule has 5 heteroatoms. The van der Waals surface area contributed by atoms with E-state index >= 15 is 0 Å². The summed E-state index contributed by atoms with van der Waals surface area (Å²) in [6.45, 7) is 8.28. The quantitative estimate of drug-likeness (QED) is 0.790. The Labute approximate surface area is 143 Å². The predicted octanol–water partition coefficient (Wildman–Crippen LogP) is 3.77. The van der Waals surface area contributed by atoms with Crippen LogP contribution in [0.25, 0.3) is 0 Å². The van der Waals surface area contributed by atoms with Gasteiger partial charge in [0.2, 0.25) is 0 Å². The molecule has 2 atom stereocenters. The van der Waals surface area contributed by atoms with E-state index in [1.54, 1.807) is 4.90 Å². The van der Waals surface area contributed by atoms with Crippen molar-refractivity contribution in [2.45, 2.75) is 58.8 Å². The highest BCUT2D eigenvalue weighted by atomic mass is 16.6. The Morgan fingerprint density at radius 2 is 1.88 bits per heavy atom. The number of carbonyl (C=O) groups excluding carboxylic acids is 2. The molecule has 1 amide bonds. The van der Waals surface area contributed by atoms with Crippen molar-refractivity contribution in [3.8, 4) is 0 Å². The molecule has 1 heterocycles. The third-order valence-electron chi connectivity index (χ3n) is 4.14. The zero-order valence-electron chi connectivity index (χ0n) is 15.0. The van der Waals surface area contributed by atoms with Crippen LogP contribution in [0.2, 0.25) is 0 Å². The van der Waals surface area contributed by atoms with Crippen molar-refractivity contribution in [2.24, 2.45) is 5.92 Å². The minimum Gasteiger partial charge on any atom is -0.460 e. The van der Waals surface area contributed by atoms with Gasteiger partial charge in [-0.25, -0.2) is 4.79 Å². The molecular weight excluding hydrogens is 306 g/mol. The summed E-state index contributed by atoms with van der Waals surface area (Å²) in [6.07, 6.45) is 1.13. The molecule has 1 aliphatic heterocycles. The lowest BCUT2D eigenvalue weighted by Gasteiger charge is -2.38. The summed E-state index contributed by atoms with van der Waals surface area (Å²) in [4.78, 5) is 26.4. The summed E-state index contributed by atoms with van der Waals surface area (Å²) in [6, 6.07) is 9.34. The van der Waals surface area contributed by atoms with Gasteiger partial charge in [-0.3, -0.25) is 4.79 Å². The van der Waals surface area contributed by atoms with E-state index in [9.17, 15) is 9.59 Å². The molecule has 1 aromatic rings. The topological polar surface area (TPSA) is 55.8 Å². The van der Waals surface area contributed by atoms with Crippen molar-refractivity contribution >= 4 is 12.1 Å². The largest absolute Gasteiger partial charge is 0.460 e. The minimum atomic E-state index is -0.521. The van der Waals surface area contributed by atoms with Crippen LogP contribution < -0.4 is 0 Å². The number of esters is 1. The lowest BCUT2D eigenvalue weighted by Crippen LogP contribution is -2.50. The van der Waals surface area contributed by atoms with E-state index in [4.69, 9.17) is 9.47 Å². The summed E-state index contributed by atoms with van der Waals surface area (Å²) >= 11 is 0. The molecule has 0 spiro atoms. The fraction of sp³-hybridized carbons (Fsp3) is 0.579. The van der Waals surface area contributed by atoms with Gasteiger partial charge in [0.25, 0.3) is 0 Å². The van der Waals surface area contributed by atoms with Crippen LogP contribution in [0.1, 0.15) is 46.1 Å². The SMILES string of the molecule is C[C@@H]1[C@@H](C(=O)OC(C)(C)C)CCCN1C(=O)OCc1ccccc1. The molecule has 0 N–H and O–H groups in total. The number of piperidine rings is 1. The fourth-order valence-electron chi connectivity index (χ4n) is 2.90. The second-order valence-electron chi connectivity index (χ2n) is 7.26. The van der Waals surface area contributed by atoms with E-state index in [1.165, 1.54) is 0 Å². The Hall–Kier alpha value is -2.04. The standard InChI is InChI=1S/C19H27NO4/c1-14-16(17(21)24-19(2,3)4)11-8-12-20(14)18(22)23-13-15-9-6-5-7-10-15/h5-7,9-10,14,16H,8,11-13H2,1-4H3/t14-,16+/m1/s1. The van der Waals surface area contributed by atoms with Crippen molar-refractivity contribution in [3.63, 3.8) is 0 Å². The van der Waals surface area contributed by atoms with Crippen LogP contribution in [0.3, 0.4) is 0 Å². The van der Waals surface area contributed by atoms with Crippen LogP contribution >= 0.6 is 0 Å². The van der Waals surface area contributed by atoms with E-state index < -0.39 is 5.60 Å². The molecule has 0 radical (unpaired) electrons. The Morgan fingerprint density at radius 1 is 1.21 bits per heavy atom. The van der Waals surface area contributed by atoms with Gasteiger partial charge in [0.05, 0.1) is 5.92 Å². The highest BCUT2D eigenvalue weighted by Gasteiger charge is 2.38. The van der Waals surface area contributed by atoms with Gasteiger partial charge in [0.15, 0.2) is 0 Å². The Bertz CT molecular complexity index is 564. The molecule has 1 saturated heterocycles. The molecule has 132 valence electrons. The molecule has 1 fully saturated rings. The van der Waals surface area contributed by atoms with Crippen molar-refractivity contribution in [2.75, 3.05) is 6.54 Å². The molecule has 1 aliphatic rings. The number of carbonyl (C=O) groups is 2. The van der Waals surface area contributed by atoms with Gasteiger partial charge in [-0.2, -0.15) is 0 Å². The maximum Gasteiger partial charge on any atom is 0.410 e. The first-order chi connectivity index (χ1) is 11.3. The van der Waals surface area contributed by atoms with Gasteiger partial charge in [0, 0.05) is 12.6 Å². The van der Waals surface area contributed by atoms with E-state index in [0.717, 1.165) is 18.4 Å². The molecule has 2 rings (SSSR count). The predicted molar refractivity (Wildman–Crippen MR) is 91.4 cm³/mol. The van der Waals surface area contributed by atoms with Gasteiger partial charge in [-0.05, 0) is 46.1 Å². The first-order valence-corrected chi connectivity index (χ1v) is 8.48. The van der Waals surface area contributed by atoms with Crippen LogP contribution in [0, 0.1) is 5.92 Å². The highest BCUT2D eigenvalue weighted by molar-refractivity contribution is 5.76. The van der Waals surface area contributed by atoms with Crippen molar-refractivity contribution in [1.82, 2.24) is 4.90 Å². The van der Waals surface area contributed by atoms with Crippen molar-refractivity contribution in [1.29, 1.82) is 0 Å². The monoisotopic (exact) mass is 333 g/mol. The summed E-state index contributed by atoms with van der Waals surface area (Å²) in [5, 5.41) is 0. The van der Waals surface area contributed by atoms with Gasteiger partial charge in [-0.15, -0.1) is 0 Å². The average Bonchev–Trinajstić information content (AvgIpc) is 2.52. The second kappa shape index (κ2) is 7.69. The molecule has 0 aromatic heterocycles. The van der Waals surface area contributed by atoms with E-state index in [0.29, 0.717) is 6.54 Å². The highest BCUT2D eigenvalue weighted by Crippen LogP contribution is 2.27. The number of benzene rings is 1. The van der Waals surface area contributed by atoms with E-state index in [2.05, 4.69) is 0 Å². The first kappa shape index (κ1) is 18.3. The summed E-state index contributed by atoms with van der Waals surface area (Å²) in [5.41, 5.74) is 0.423. The van der Waals surface area contributed by atoms with Crippen LogP contribution in [0.4, 0.5) is 4.79 Å². The van der Waals surface area contributed by atoms with E-state index in [-0.39, 0.29) is 30.6 Å². The molecule has 0 saturated carbocycles.